The van der Waals surface area contributed by atoms with Gasteiger partial charge in [0.15, 0.2) is 0 Å². The van der Waals surface area contributed by atoms with Gasteiger partial charge in [-0.3, -0.25) is 0 Å². The first kappa shape index (κ1) is 12.3. The van der Waals surface area contributed by atoms with Crippen LogP contribution in [0.25, 0.3) is 5.69 Å². The molecule has 1 aromatic carbocycles. The highest BCUT2D eigenvalue weighted by Gasteiger charge is 2.11. The maximum Gasteiger partial charge on any atom is 0.0694 e. The van der Waals surface area contributed by atoms with Crippen LogP contribution < -0.4 is 5.73 Å². The average Bonchev–Trinajstić information content (AvgIpc) is 2.57. The Morgan fingerprint density at radius 1 is 1.29 bits per heavy atom. The molecular weight excluding hydrogens is 278 g/mol. The Bertz CT molecular complexity index is 558. The van der Waals surface area contributed by atoms with Crippen LogP contribution in [0.5, 0.6) is 0 Å². The Morgan fingerprint density at radius 2 is 2.00 bits per heavy atom. The summed E-state index contributed by atoms with van der Waals surface area (Å²) in [6.07, 6.45) is 0. The lowest BCUT2D eigenvalue weighted by atomic mass is 10.1. The van der Waals surface area contributed by atoms with Crippen LogP contribution in [0.15, 0.2) is 22.7 Å². The molecule has 0 saturated heterocycles. The van der Waals surface area contributed by atoms with Crippen molar-refractivity contribution in [3.63, 3.8) is 0 Å². The van der Waals surface area contributed by atoms with Gasteiger partial charge in [0.25, 0.3) is 0 Å². The molecule has 2 rings (SSSR count). The number of halogens is 1. The molecule has 3 nitrogen and oxygen atoms in total. The third-order valence-corrected chi connectivity index (χ3v) is 3.64. The van der Waals surface area contributed by atoms with Gasteiger partial charge in [0.2, 0.25) is 0 Å². The van der Waals surface area contributed by atoms with Crippen molar-refractivity contribution >= 4 is 15.9 Å². The number of hydrogen-bond donors (Lipinski definition) is 1. The Balaban J connectivity index is 2.64. The zero-order valence-electron chi connectivity index (χ0n) is 10.3. The Labute approximate surface area is 110 Å². The normalized spacial score (nSPS) is 10.9. The van der Waals surface area contributed by atoms with E-state index in [2.05, 4.69) is 34.9 Å². The van der Waals surface area contributed by atoms with Crippen molar-refractivity contribution in [2.24, 2.45) is 5.73 Å². The summed E-state index contributed by atoms with van der Waals surface area (Å²) in [6, 6.07) is 6.10. The van der Waals surface area contributed by atoms with E-state index >= 15 is 0 Å². The van der Waals surface area contributed by atoms with Gasteiger partial charge in [-0.15, -0.1) is 0 Å². The van der Waals surface area contributed by atoms with Gasteiger partial charge in [0, 0.05) is 16.7 Å². The van der Waals surface area contributed by atoms with Gasteiger partial charge >= 0.3 is 0 Å². The summed E-state index contributed by atoms with van der Waals surface area (Å²) in [4.78, 5) is 0. The zero-order valence-corrected chi connectivity index (χ0v) is 11.9. The first-order chi connectivity index (χ1) is 8.04. The highest BCUT2D eigenvalue weighted by Crippen LogP contribution is 2.23. The fourth-order valence-electron chi connectivity index (χ4n) is 1.88. The molecule has 0 aliphatic carbocycles. The molecule has 0 saturated carbocycles. The van der Waals surface area contributed by atoms with E-state index in [0.29, 0.717) is 6.54 Å². The molecule has 2 N–H and O–H groups in total. The summed E-state index contributed by atoms with van der Waals surface area (Å²) in [5.74, 6) is 0. The summed E-state index contributed by atoms with van der Waals surface area (Å²) < 4.78 is 3.01. The molecule has 0 atom stereocenters. The van der Waals surface area contributed by atoms with E-state index in [4.69, 9.17) is 5.73 Å². The fraction of sp³-hybridized carbons (Fsp3) is 0.308. The van der Waals surface area contributed by atoms with Crippen molar-refractivity contribution < 1.29 is 0 Å². The second-order valence-corrected chi connectivity index (χ2v) is 5.10. The van der Waals surface area contributed by atoms with Crippen LogP contribution in [-0.2, 0) is 6.54 Å². The molecule has 0 amide bonds. The van der Waals surface area contributed by atoms with Gasteiger partial charge in [0.05, 0.1) is 11.4 Å². The number of aromatic nitrogens is 2. The van der Waals surface area contributed by atoms with Crippen LogP contribution in [0, 0.1) is 20.8 Å². The van der Waals surface area contributed by atoms with Crippen LogP contribution in [0.1, 0.15) is 22.5 Å². The van der Waals surface area contributed by atoms with Crippen LogP contribution in [-0.4, -0.2) is 9.78 Å². The van der Waals surface area contributed by atoms with Gasteiger partial charge in [-0.2, -0.15) is 5.10 Å². The molecule has 90 valence electrons. The molecule has 0 radical (unpaired) electrons. The number of hydrogen-bond acceptors (Lipinski definition) is 2. The lowest BCUT2D eigenvalue weighted by Gasteiger charge is -2.10. The average molecular weight is 294 g/mol. The standard InChI is InChI=1S/C13H16BrN3/c1-8-9(2)16-17(10(8)3)13-5-4-12(14)6-11(13)7-15/h4-6H,7,15H2,1-3H3. The van der Waals surface area contributed by atoms with Crippen molar-refractivity contribution in [1.29, 1.82) is 0 Å². The Kier molecular flexibility index (Phi) is 3.35. The summed E-state index contributed by atoms with van der Waals surface area (Å²) in [7, 11) is 0. The van der Waals surface area contributed by atoms with Crippen molar-refractivity contribution in [1.82, 2.24) is 9.78 Å². The van der Waals surface area contributed by atoms with E-state index in [1.807, 2.05) is 29.8 Å². The maximum absolute atomic E-state index is 5.79. The van der Waals surface area contributed by atoms with E-state index in [1.165, 1.54) is 11.3 Å². The minimum Gasteiger partial charge on any atom is -0.326 e. The van der Waals surface area contributed by atoms with Crippen LogP contribution in [0.2, 0.25) is 0 Å². The van der Waals surface area contributed by atoms with E-state index < -0.39 is 0 Å². The third-order valence-electron chi connectivity index (χ3n) is 3.14. The molecule has 0 aliphatic rings. The predicted octanol–water partition coefficient (Wildman–Crippen LogP) is 3.02. The third kappa shape index (κ3) is 2.15. The number of aryl methyl sites for hydroxylation is 1. The van der Waals surface area contributed by atoms with E-state index in [-0.39, 0.29) is 0 Å². The monoisotopic (exact) mass is 293 g/mol. The lowest BCUT2D eigenvalue weighted by Crippen LogP contribution is -2.07. The van der Waals surface area contributed by atoms with Gasteiger partial charge in [-0.1, -0.05) is 15.9 Å². The van der Waals surface area contributed by atoms with E-state index in [9.17, 15) is 0 Å². The topological polar surface area (TPSA) is 43.8 Å². The summed E-state index contributed by atoms with van der Waals surface area (Å²) in [5, 5.41) is 4.56. The second-order valence-electron chi connectivity index (χ2n) is 4.18. The summed E-state index contributed by atoms with van der Waals surface area (Å²) in [5.41, 5.74) is 11.4. The second kappa shape index (κ2) is 4.63. The van der Waals surface area contributed by atoms with Gasteiger partial charge in [0.1, 0.15) is 0 Å². The van der Waals surface area contributed by atoms with Gasteiger partial charge in [-0.25, -0.2) is 4.68 Å². The molecular formula is C13H16BrN3. The van der Waals surface area contributed by atoms with Gasteiger partial charge in [-0.05, 0) is 50.1 Å². The van der Waals surface area contributed by atoms with Crippen LogP contribution >= 0.6 is 15.9 Å². The zero-order chi connectivity index (χ0) is 12.6. The molecule has 2 aromatic rings. The number of nitrogens with two attached hydrogens (primary N) is 1. The smallest absolute Gasteiger partial charge is 0.0694 e. The number of nitrogens with zero attached hydrogens (tertiary/aromatic N) is 2. The van der Waals surface area contributed by atoms with Crippen LogP contribution in [0.4, 0.5) is 0 Å². The van der Waals surface area contributed by atoms with Crippen molar-refractivity contribution in [3.8, 4) is 5.69 Å². The highest BCUT2D eigenvalue weighted by molar-refractivity contribution is 9.10. The van der Waals surface area contributed by atoms with Crippen LogP contribution in [0.3, 0.4) is 0 Å². The van der Waals surface area contributed by atoms with E-state index in [1.54, 1.807) is 0 Å². The molecule has 4 heteroatoms. The summed E-state index contributed by atoms with van der Waals surface area (Å²) in [6.45, 7) is 6.71. The molecule has 0 aliphatic heterocycles. The maximum atomic E-state index is 5.79. The van der Waals surface area contributed by atoms with Crippen molar-refractivity contribution in [3.05, 3.63) is 45.2 Å². The van der Waals surface area contributed by atoms with Crippen molar-refractivity contribution in [2.75, 3.05) is 0 Å². The molecule has 0 fully saturated rings. The van der Waals surface area contributed by atoms with Gasteiger partial charge < -0.3 is 5.73 Å². The quantitative estimate of drug-likeness (QED) is 0.925. The molecule has 1 heterocycles. The molecule has 17 heavy (non-hydrogen) atoms. The van der Waals surface area contributed by atoms with E-state index in [0.717, 1.165) is 21.4 Å². The SMILES string of the molecule is Cc1nn(-c2ccc(Br)cc2CN)c(C)c1C. The molecule has 0 unspecified atom stereocenters. The molecule has 0 bridgehead atoms. The van der Waals surface area contributed by atoms with Crippen molar-refractivity contribution in [2.45, 2.75) is 27.3 Å². The minimum absolute atomic E-state index is 0.506. The molecule has 1 aromatic heterocycles. The summed E-state index contributed by atoms with van der Waals surface area (Å²) >= 11 is 3.46. The largest absolute Gasteiger partial charge is 0.326 e. The first-order valence-corrected chi connectivity index (χ1v) is 6.35. The predicted molar refractivity (Wildman–Crippen MR) is 73.4 cm³/mol. The first-order valence-electron chi connectivity index (χ1n) is 5.56. The number of rotatable bonds is 2. The lowest BCUT2D eigenvalue weighted by molar-refractivity contribution is 0.817. The fourth-order valence-corrected chi connectivity index (χ4v) is 2.29. The molecule has 0 spiro atoms. The Morgan fingerprint density at radius 3 is 2.53 bits per heavy atom. The minimum atomic E-state index is 0.506. The Hall–Kier alpha value is -1.13. The number of benzene rings is 1. The highest BCUT2D eigenvalue weighted by atomic mass is 79.9.